The topological polar surface area (TPSA) is 37.3 Å². The Morgan fingerprint density at radius 2 is 1.45 bits per heavy atom. The molecule has 0 spiro atoms. The molecule has 2 aromatic carbocycles. The third-order valence-electron chi connectivity index (χ3n) is 3.29. The molecule has 2 heteroatoms. The van der Waals surface area contributed by atoms with Crippen LogP contribution in [0.3, 0.4) is 0 Å². The summed E-state index contributed by atoms with van der Waals surface area (Å²) in [6, 6.07) is 18.7. The van der Waals surface area contributed by atoms with Gasteiger partial charge < -0.3 is 5.11 Å². The van der Waals surface area contributed by atoms with Crippen molar-refractivity contribution in [2.75, 3.05) is 0 Å². The smallest absolute Gasteiger partial charge is 0.155 e. The minimum atomic E-state index is -1.28. The summed E-state index contributed by atoms with van der Waals surface area (Å²) in [6.45, 7) is 1.80. The van der Waals surface area contributed by atoms with E-state index in [9.17, 15) is 9.90 Å². The molecule has 2 rings (SSSR count). The second kappa shape index (κ2) is 6.31. The van der Waals surface area contributed by atoms with Crippen molar-refractivity contribution in [3.63, 3.8) is 0 Å². The molecule has 0 unspecified atom stereocenters. The van der Waals surface area contributed by atoms with Crippen LogP contribution in [-0.4, -0.2) is 10.9 Å². The monoisotopic (exact) mass is 266 g/mol. The minimum Gasteiger partial charge on any atom is -0.377 e. The molecule has 0 aliphatic heterocycles. The Bertz CT molecular complexity index is 546. The Balaban J connectivity index is 2.49. The number of ketones is 1. The van der Waals surface area contributed by atoms with Gasteiger partial charge in [0.25, 0.3) is 0 Å². The van der Waals surface area contributed by atoms with E-state index in [2.05, 4.69) is 0 Å². The van der Waals surface area contributed by atoms with Gasteiger partial charge in [0.15, 0.2) is 5.78 Å². The molecule has 2 nitrogen and oxygen atoms in total. The average Bonchev–Trinajstić information content (AvgIpc) is 2.54. The van der Waals surface area contributed by atoms with Gasteiger partial charge in [0.05, 0.1) is 0 Å². The SMILES string of the molecule is CCC(=O)C=CC(O)(c1ccccc1)c1ccccc1. The van der Waals surface area contributed by atoms with E-state index in [0.717, 1.165) is 11.1 Å². The fourth-order valence-electron chi connectivity index (χ4n) is 2.08. The van der Waals surface area contributed by atoms with E-state index in [4.69, 9.17) is 0 Å². The highest BCUT2D eigenvalue weighted by molar-refractivity contribution is 5.89. The lowest BCUT2D eigenvalue weighted by Gasteiger charge is -2.26. The molecule has 2 aromatic rings. The number of carbonyl (C=O) groups is 1. The fourth-order valence-corrected chi connectivity index (χ4v) is 2.08. The van der Waals surface area contributed by atoms with E-state index in [1.165, 1.54) is 6.08 Å². The summed E-state index contributed by atoms with van der Waals surface area (Å²) < 4.78 is 0. The molecule has 102 valence electrons. The van der Waals surface area contributed by atoms with Crippen LogP contribution in [0.1, 0.15) is 24.5 Å². The summed E-state index contributed by atoms with van der Waals surface area (Å²) in [4.78, 5) is 11.5. The molecule has 1 N–H and O–H groups in total. The second-order valence-electron chi connectivity index (χ2n) is 4.65. The Hall–Kier alpha value is -2.19. The van der Waals surface area contributed by atoms with Crippen molar-refractivity contribution in [2.45, 2.75) is 18.9 Å². The average molecular weight is 266 g/mol. The molecule has 20 heavy (non-hydrogen) atoms. The van der Waals surface area contributed by atoms with E-state index in [1.54, 1.807) is 13.0 Å². The number of hydrogen-bond donors (Lipinski definition) is 1. The summed E-state index contributed by atoms with van der Waals surface area (Å²) in [5.74, 6) is -0.00436. The quantitative estimate of drug-likeness (QED) is 0.841. The third kappa shape index (κ3) is 3.03. The van der Waals surface area contributed by atoms with Gasteiger partial charge in [0.1, 0.15) is 5.60 Å². The van der Waals surface area contributed by atoms with Crippen LogP contribution in [-0.2, 0) is 10.4 Å². The highest BCUT2D eigenvalue weighted by atomic mass is 16.3. The van der Waals surface area contributed by atoms with Gasteiger partial charge in [-0.3, -0.25) is 4.79 Å². The first-order valence-electron chi connectivity index (χ1n) is 6.72. The lowest BCUT2D eigenvalue weighted by molar-refractivity contribution is -0.114. The van der Waals surface area contributed by atoms with Gasteiger partial charge in [-0.15, -0.1) is 0 Å². The first-order chi connectivity index (χ1) is 9.66. The zero-order valence-corrected chi connectivity index (χ0v) is 11.5. The molecule has 0 amide bonds. The molecular formula is C18H18O2. The first-order valence-corrected chi connectivity index (χ1v) is 6.72. The van der Waals surface area contributed by atoms with Crippen LogP contribution in [0.5, 0.6) is 0 Å². The van der Waals surface area contributed by atoms with Crippen molar-refractivity contribution in [3.8, 4) is 0 Å². The maximum atomic E-state index is 11.5. The summed E-state index contributed by atoms with van der Waals surface area (Å²) in [5.41, 5.74) is 0.200. The highest BCUT2D eigenvalue weighted by Crippen LogP contribution is 2.30. The lowest BCUT2D eigenvalue weighted by Crippen LogP contribution is -2.24. The molecule has 0 atom stereocenters. The zero-order valence-electron chi connectivity index (χ0n) is 11.5. The van der Waals surface area contributed by atoms with E-state index < -0.39 is 5.60 Å². The summed E-state index contributed by atoms with van der Waals surface area (Å²) >= 11 is 0. The Morgan fingerprint density at radius 1 is 1.00 bits per heavy atom. The van der Waals surface area contributed by atoms with Crippen molar-refractivity contribution in [2.24, 2.45) is 0 Å². The van der Waals surface area contributed by atoms with Gasteiger partial charge in [0.2, 0.25) is 0 Å². The molecule has 0 heterocycles. The summed E-state index contributed by atoms with van der Waals surface area (Å²) in [5, 5.41) is 11.1. The van der Waals surface area contributed by atoms with Gasteiger partial charge in [-0.1, -0.05) is 67.6 Å². The Labute approximate surface area is 119 Å². The first kappa shape index (κ1) is 14.2. The molecular weight excluding hydrogens is 248 g/mol. The Kier molecular flexibility index (Phi) is 4.49. The summed E-state index contributed by atoms with van der Waals surface area (Å²) in [6.07, 6.45) is 3.46. The zero-order chi connectivity index (χ0) is 14.4. The summed E-state index contributed by atoms with van der Waals surface area (Å²) in [7, 11) is 0. The third-order valence-corrected chi connectivity index (χ3v) is 3.29. The molecule has 0 fully saturated rings. The van der Waals surface area contributed by atoms with E-state index in [-0.39, 0.29) is 5.78 Å². The molecule has 0 saturated heterocycles. The number of allylic oxidation sites excluding steroid dienone is 1. The van der Waals surface area contributed by atoms with Crippen LogP contribution in [0.15, 0.2) is 72.8 Å². The predicted octanol–water partition coefficient (Wildman–Crippen LogP) is 3.46. The largest absolute Gasteiger partial charge is 0.377 e. The number of carbonyl (C=O) groups excluding carboxylic acids is 1. The molecule has 0 aliphatic carbocycles. The van der Waals surface area contributed by atoms with Crippen LogP contribution < -0.4 is 0 Å². The predicted molar refractivity (Wildman–Crippen MR) is 80.3 cm³/mol. The molecule has 0 aliphatic rings. The highest BCUT2D eigenvalue weighted by Gasteiger charge is 2.28. The van der Waals surface area contributed by atoms with E-state index >= 15 is 0 Å². The van der Waals surface area contributed by atoms with Crippen molar-refractivity contribution in [3.05, 3.63) is 83.9 Å². The van der Waals surface area contributed by atoms with Crippen LogP contribution >= 0.6 is 0 Å². The second-order valence-corrected chi connectivity index (χ2v) is 4.65. The van der Waals surface area contributed by atoms with Crippen LogP contribution in [0.2, 0.25) is 0 Å². The van der Waals surface area contributed by atoms with Crippen molar-refractivity contribution < 1.29 is 9.90 Å². The molecule has 0 aromatic heterocycles. The van der Waals surface area contributed by atoms with Crippen LogP contribution in [0.4, 0.5) is 0 Å². The standard InChI is InChI=1S/C18H18O2/c1-2-17(19)13-14-18(20,15-9-5-3-6-10-15)16-11-7-4-8-12-16/h3-14,20H,2H2,1H3. The molecule has 0 radical (unpaired) electrons. The Morgan fingerprint density at radius 3 is 1.85 bits per heavy atom. The normalized spacial score (nSPS) is 11.7. The maximum Gasteiger partial charge on any atom is 0.155 e. The van der Waals surface area contributed by atoms with Gasteiger partial charge in [-0.2, -0.15) is 0 Å². The number of hydrogen-bond acceptors (Lipinski definition) is 2. The van der Waals surface area contributed by atoms with Gasteiger partial charge >= 0.3 is 0 Å². The van der Waals surface area contributed by atoms with Gasteiger partial charge in [-0.05, 0) is 23.3 Å². The maximum absolute atomic E-state index is 11.5. The van der Waals surface area contributed by atoms with Crippen molar-refractivity contribution in [1.82, 2.24) is 0 Å². The van der Waals surface area contributed by atoms with E-state index in [0.29, 0.717) is 6.42 Å². The molecule has 0 bridgehead atoms. The lowest BCUT2D eigenvalue weighted by atomic mass is 9.86. The van der Waals surface area contributed by atoms with Crippen molar-refractivity contribution >= 4 is 5.78 Å². The minimum absolute atomic E-state index is 0.00436. The number of benzene rings is 2. The van der Waals surface area contributed by atoms with E-state index in [1.807, 2.05) is 60.7 Å². The van der Waals surface area contributed by atoms with Crippen LogP contribution in [0, 0.1) is 0 Å². The van der Waals surface area contributed by atoms with Gasteiger partial charge in [-0.25, -0.2) is 0 Å². The number of rotatable bonds is 5. The number of aliphatic hydroxyl groups is 1. The fraction of sp³-hybridized carbons (Fsp3) is 0.167. The molecule has 0 saturated carbocycles. The van der Waals surface area contributed by atoms with Gasteiger partial charge in [0, 0.05) is 6.42 Å². The van der Waals surface area contributed by atoms with Crippen LogP contribution in [0.25, 0.3) is 0 Å². The van der Waals surface area contributed by atoms with Crippen molar-refractivity contribution in [1.29, 1.82) is 0 Å².